The van der Waals surface area contributed by atoms with Crippen LogP contribution in [-0.4, -0.2) is 11.2 Å². The number of hydrogen-bond donors (Lipinski definition) is 1. The van der Waals surface area contributed by atoms with Crippen LogP contribution in [0.1, 0.15) is 33.6 Å². The fraction of sp³-hybridized carbons (Fsp3) is 0.778. The minimum Gasteiger partial charge on any atom is -0.393 e. The zero-order valence-electron chi connectivity index (χ0n) is 7.17. The van der Waals surface area contributed by atoms with E-state index in [1.54, 1.807) is 0 Å². The lowest BCUT2D eigenvalue weighted by Crippen LogP contribution is -2.14. The summed E-state index contributed by atoms with van der Waals surface area (Å²) >= 11 is 0. The Morgan fingerprint density at radius 2 is 2.10 bits per heavy atom. The molecule has 0 aromatic heterocycles. The van der Waals surface area contributed by atoms with Crippen LogP contribution < -0.4 is 0 Å². The van der Waals surface area contributed by atoms with Crippen LogP contribution in [0.2, 0.25) is 0 Å². The van der Waals surface area contributed by atoms with Crippen LogP contribution in [0.3, 0.4) is 0 Å². The molecule has 1 heteroatoms. The number of hydrogen-bond acceptors (Lipinski definition) is 1. The van der Waals surface area contributed by atoms with Gasteiger partial charge >= 0.3 is 0 Å². The predicted molar refractivity (Wildman–Crippen MR) is 44.9 cm³/mol. The Morgan fingerprint density at radius 1 is 1.50 bits per heavy atom. The molecule has 0 fully saturated rings. The molecule has 0 saturated heterocycles. The molecule has 0 saturated carbocycles. The van der Waals surface area contributed by atoms with Crippen molar-refractivity contribution in [2.75, 3.05) is 0 Å². The quantitative estimate of drug-likeness (QED) is 0.597. The molecule has 0 rings (SSSR count). The first kappa shape index (κ1) is 9.70. The van der Waals surface area contributed by atoms with Crippen molar-refractivity contribution in [3.05, 3.63) is 12.2 Å². The topological polar surface area (TPSA) is 20.2 Å². The summed E-state index contributed by atoms with van der Waals surface area (Å²) in [5, 5.41) is 9.20. The summed E-state index contributed by atoms with van der Waals surface area (Å²) < 4.78 is 0. The van der Waals surface area contributed by atoms with Crippen molar-refractivity contribution in [2.24, 2.45) is 5.92 Å². The highest BCUT2D eigenvalue weighted by Crippen LogP contribution is 2.13. The summed E-state index contributed by atoms with van der Waals surface area (Å²) in [6.45, 7) is 5.98. The van der Waals surface area contributed by atoms with Crippen molar-refractivity contribution in [3.8, 4) is 0 Å². The number of allylic oxidation sites excluding steroid dienone is 2. The maximum Gasteiger partial charge on any atom is 0.0543 e. The van der Waals surface area contributed by atoms with Gasteiger partial charge in [-0.15, -0.1) is 0 Å². The third-order valence-corrected chi connectivity index (χ3v) is 1.88. The van der Waals surface area contributed by atoms with Crippen LogP contribution in [0.15, 0.2) is 12.2 Å². The fourth-order valence-corrected chi connectivity index (χ4v) is 1.02. The van der Waals surface area contributed by atoms with E-state index in [-0.39, 0.29) is 6.10 Å². The summed E-state index contributed by atoms with van der Waals surface area (Å²) in [5.74, 6) is 0.441. The van der Waals surface area contributed by atoms with Crippen LogP contribution in [0.4, 0.5) is 0 Å². The normalized spacial score (nSPS) is 17.6. The van der Waals surface area contributed by atoms with Crippen LogP contribution in [0, 0.1) is 5.92 Å². The molecule has 0 amide bonds. The standard InChI is InChI=1S/C9H18O/c1-4-6-7-9(5-2)8(3)10/h4,6,8-10H,5,7H2,1-3H3/b6-4+. The SMILES string of the molecule is C/C=C/CC(CC)C(C)O. The van der Waals surface area contributed by atoms with E-state index < -0.39 is 0 Å². The van der Waals surface area contributed by atoms with E-state index in [0.29, 0.717) is 5.92 Å². The maximum atomic E-state index is 9.20. The zero-order chi connectivity index (χ0) is 7.98. The van der Waals surface area contributed by atoms with Gasteiger partial charge in [0.05, 0.1) is 6.10 Å². The average Bonchev–Trinajstić information content (AvgIpc) is 1.89. The molecule has 10 heavy (non-hydrogen) atoms. The second-order valence-electron chi connectivity index (χ2n) is 2.71. The predicted octanol–water partition coefficient (Wildman–Crippen LogP) is 2.36. The number of aliphatic hydroxyl groups is 1. The summed E-state index contributed by atoms with van der Waals surface area (Å²) in [4.78, 5) is 0. The third-order valence-electron chi connectivity index (χ3n) is 1.88. The molecular formula is C9H18O. The Hall–Kier alpha value is -0.300. The molecule has 0 aliphatic rings. The highest BCUT2D eigenvalue weighted by atomic mass is 16.3. The van der Waals surface area contributed by atoms with E-state index in [2.05, 4.69) is 13.0 Å². The van der Waals surface area contributed by atoms with Crippen molar-refractivity contribution in [2.45, 2.75) is 39.7 Å². The lowest BCUT2D eigenvalue weighted by Gasteiger charge is -2.14. The molecular weight excluding hydrogens is 124 g/mol. The summed E-state index contributed by atoms with van der Waals surface area (Å²) in [6.07, 6.45) is 6.04. The largest absolute Gasteiger partial charge is 0.393 e. The van der Waals surface area contributed by atoms with Crippen LogP contribution >= 0.6 is 0 Å². The van der Waals surface area contributed by atoms with E-state index in [1.807, 2.05) is 19.9 Å². The van der Waals surface area contributed by atoms with Crippen molar-refractivity contribution in [1.82, 2.24) is 0 Å². The van der Waals surface area contributed by atoms with Crippen LogP contribution in [0.5, 0.6) is 0 Å². The van der Waals surface area contributed by atoms with Gasteiger partial charge in [-0.3, -0.25) is 0 Å². The smallest absolute Gasteiger partial charge is 0.0543 e. The summed E-state index contributed by atoms with van der Waals surface area (Å²) in [5.41, 5.74) is 0. The van der Waals surface area contributed by atoms with Crippen LogP contribution in [-0.2, 0) is 0 Å². The van der Waals surface area contributed by atoms with Gasteiger partial charge < -0.3 is 5.11 Å². The highest BCUT2D eigenvalue weighted by molar-refractivity contribution is 4.81. The van der Waals surface area contributed by atoms with E-state index in [0.717, 1.165) is 12.8 Å². The molecule has 1 N–H and O–H groups in total. The average molecular weight is 142 g/mol. The van der Waals surface area contributed by atoms with Gasteiger partial charge in [0.25, 0.3) is 0 Å². The fourth-order valence-electron chi connectivity index (χ4n) is 1.02. The lowest BCUT2D eigenvalue weighted by atomic mass is 9.97. The van der Waals surface area contributed by atoms with Crippen molar-refractivity contribution < 1.29 is 5.11 Å². The summed E-state index contributed by atoms with van der Waals surface area (Å²) in [6, 6.07) is 0. The Labute approximate surface area is 63.8 Å². The van der Waals surface area contributed by atoms with Crippen molar-refractivity contribution in [3.63, 3.8) is 0 Å². The number of rotatable bonds is 4. The maximum absolute atomic E-state index is 9.20. The molecule has 60 valence electrons. The van der Waals surface area contributed by atoms with Gasteiger partial charge in [0, 0.05) is 0 Å². The molecule has 2 unspecified atom stereocenters. The van der Waals surface area contributed by atoms with Crippen molar-refractivity contribution >= 4 is 0 Å². The minimum atomic E-state index is -0.166. The number of aliphatic hydroxyl groups excluding tert-OH is 1. The van der Waals surface area contributed by atoms with Gasteiger partial charge in [0.2, 0.25) is 0 Å². The van der Waals surface area contributed by atoms with Crippen molar-refractivity contribution in [1.29, 1.82) is 0 Å². The van der Waals surface area contributed by atoms with E-state index in [4.69, 9.17) is 0 Å². The Bertz CT molecular complexity index is 94.9. The summed E-state index contributed by atoms with van der Waals surface area (Å²) in [7, 11) is 0. The Balaban J connectivity index is 3.60. The molecule has 0 bridgehead atoms. The third kappa shape index (κ3) is 3.67. The van der Waals surface area contributed by atoms with E-state index in [1.165, 1.54) is 0 Å². The second-order valence-corrected chi connectivity index (χ2v) is 2.71. The Morgan fingerprint density at radius 3 is 2.40 bits per heavy atom. The Kier molecular flexibility index (Phi) is 5.32. The molecule has 0 aromatic carbocycles. The second kappa shape index (κ2) is 5.48. The molecule has 0 radical (unpaired) electrons. The van der Waals surface area contributed by atoms with Gasteiger partial charge in [-0.2, -0.15) is 0 Å². The molecule has 0 aliphatic heterocycles. The molecule has 0 spiro atoms. The van der Waals surface area contributed by atoms with Gasteiger partial charge in [-0.1, -0.05) is 25.5 Å². The highest BCUT2D eigenvalue weighted by Gasteiger charge is 2.09. The molecule has 0 heterocycles. The monoisotopic (exact) mass is 142 g/mol. The van der Waals surface area contributed by atoms with Gasteiger partial charge in [-0.25, -0.2) is 0 Å². The zero-order valence-corrected chi connectivity index (χ0v) is 7.17. The van der Waals surface area contributed by atoms with Gasteiger partial charge in [0.15, 0.2) is 0 Å². The lowest BCUT2D eigenvalue weighted by molar-refractivity contribution is 0.124. The van der Waals surface area contributed by atoms with Crippen LogP contribution in [0.25, 0.3) is 0 Å². The van der Waals surface area contributed by atoms with Gasteiger partial charge in [-0.05, 0) is 26.2 Å². The van der Waals surface area contributed by atoms with E-state index >= 15 is 0 Å². The first-order valence-electron chi connectivity index (χ1n) is 4.01. The first-order valence-corrected chi connectivity index (χ1v) is 4.01. The molecule has 1 nitrogen and oxygen atoms in total. The van der Waals surface area contributed by atoms with Gasteiger partial charge in [0.1, 0.15) is 0 Å². The van der Waals surface area contributed by atoms with E-state index in [9.17, 15) is 5.11 Å². The molecule has 2 atom stereocenters. The first-order chi connectivity index (χ1) is 4.72. The minimum absolute atomic E-state index is 0.166. The molecule has 0 aliphatic carbocycles. The molecule has 0 aromatic rings.